The van der Waals surface area contributed by atoms with Crippen LogP contribution >= 0.6 is 0 Å². The van der Waals surface area contributed by atoms with Gasteiger partial charge in [-0.05, 0) is 38.1 Å². The summed E-state index contributed by atoms with van der Waals surface area (Å²) in [6, 6.07) is 12.4. The molecule has 0 fully saturated rings. The van der Waals surface area contributed by atoms with E-state index in [4.69, 9.17) is 4.74 Å². The highest BCUT2D eigenvalue weighted by molar-refractivity contribution is 5.33. The molecule has 1 unspecified atom stereocenters. The molecule has 1 aromatic heterocycles. The molecule has 0 radical (unpaired) electrons. The summed E-state index contributed by atoms with van der Waals surface area (Å²) < 4.78 is 7.58. The third-order valence-corrected chi connectivity index (χ3v) is 3.16. The summed E-state index contributed by atoms with van der Waals surface area (Å²) in [7, 11) is 0. The Balaban J connectivity index is 2.22. The van der Waals surface area contributed by atoms with Gasteiger partial charge < -0.3 is 10.1 Å². The van der Waals surface area contributed by atoms with E-state index in [-0.39, 0.29) is 6.04 Å². The molecule has 1 atom stereocenters. The lowest BCUT2D eigenvalue weighted by Crippen LogP contribution is -2.28. The second-order valence-electron chi connectivity index (χ2n) is 4.67. The van der Waals surface area contributed by atoms with Gasteiger partial charge in [-0.3, -0.25) is 0 Å². The zero-order valence-electron chi connectivity index (χ0n) is 12.2. The minimum atomic E-state index is 0.164. The molecule has 0 aliphatic carbocycles. The molecule has 2 rings (SSSR count). The van der Waals surface area contributed by atoms with E-state index in [0.29, 0.717) is 6.61 Å². The smallest absolute Gasteiger partial charge is 0.0734 e. The second-order valence-corrected chi connectivity index (χ2v) is 4.67. The quantitative estimate of drug-likeness (QED) is 0.803. The Morgan fingerprint density at radius 1 is 1.20 bits per heavy atom. The van der Waals surface area contributed by atoms with Crippen molar-refractivity contribution >= 4 is 0 Å². The van der Waals surface area contributed by atoms with Crippen LogP contribution in [0.5, 0.6) is 0 Å². The third-order valence-electron chi connectivity index (χ3n) is 3.16. The first-order valence-electron chi connectivity index (χ1n) is 7.27. The average Bonchev–Trinajstić information content (AvgIpc) is 2.98. The van der Waals surface area contributed by atoms with Crippen molar-refractivity contribution in [2.45, 2.75) is 26.3 Å². The van der Waals surface area contributed by atoms with Gasteiger partial charge in [0.05, 0.1) is 24.0 Å². The van der Waals surface area contributed by atoms with Crippen LogP contribution in [-0.4, -0.2) is 29.5 Å². The van der Waals surface area contributed by atoms with Crippen LogP contribution in [0.1, 0.15) is 32.0 Å². The fourth-order valence-corrected chi connectivity index (χ4v) is 2.17. The number of ether oxygens (including phenoxy) is 1. The molecule has 4 nitrogen and oxygen atoms in total. The van der Waals surface area contributed by atoms with Gasteiger partial charge in [-0.1, -0.05) is 25.1 Å². The molecule has 1 aromatic carbocycles. The number of aromatic nitrogens is 2. The van der Waals surface area contributed by atoms with Crippen molar-refractivity contribution in [3.8, 4) is 5.69 Å². The Kier molecular flexibility index (Phi) is 5.77. The molecular weight excluding hydrogens is 250 g/mol. The summed E-state index contributed by atoms with van der Waals surface area (Å²) in [5.41, 5.74) is 2.21. The van der Waals surface area contributed by atoms with E-state index < -0.39 is 0 Å². The lowest BCUT2D eigenvalue weighted by Gasteiger charge is -2.19. The van der Waals surface area contributed by atoms with Crippen LogP contribution < -0.4 is 5.32 Å². The lowest BCUT2D eigenvalue weighted by atomic mass is 10.2. The summed E-state index contributed by atoms with van der Waals surface area (Å²) in [5.74, 6) is 0. The van der Waals surface area contributed by atoms with Gasteiger partial charge in [-0.25, -0.2) is 4.68 Å². The van der Waals surface area contributed by atoms with Gasteiger partial charge in [-0.2, -0.15) is 5.10 Å². The monoisotopic (exact) mass is 273 g/mol. The van der Waals surface area contributed by atoms with Crippen molar-refractivity contribution in [1.82, 2.24) is 15.1 Å². The van der Waals surface area contributed by atoms with Crippen LogP contribution in [0.25, 0.3) is 5.69 Å². The average molecular weight is 273 g/mol. The van der Waals surface area contributed by atoms with Gasteiger partial charge in [0.25, 0.3) is 0 Å². The molecule has 20 heavy (non-hydrogen) atoms. The predicted octanol–water partition coefficient (Wildman–Crippen LogP) is 2.95. The molecule has 108 valence electrons. The minimum Gasteiger partial charge on any atom is -0.380 e. The van der Waals surface area contributed by atoms with Crippen LogP contribution in [0.3, 0.4) is 0 Å². The molecule has 1 heterocycles. The van der Waals surface area contributed by atoms with Crippen molar-refractivity contribution < 1.29 is 4.74 Å². The molecule has 0 bridgehead atoms. The van der Waals surface area contributed by atoms with Crippen LogP contribution in [0.2, 0.25) is 0 Å². The predicted molar refractivity (Wildman–Crippen MR) is 81.1 cm³/mol. The third kappa shape index (κ3) is 3.68. The zero-order chi connectivity index (χ0) is 14.2. The molecule has 0 saturated carbocycles. The van der Waals surface area contributed by atoms with E-state index in [0.717, 1.165) is 31.0 Å². The second kappa shape index (κ2) is 7.82. The molecule has 0 aliphatic rings. The van der Waals surface area contributed by atoms with E-state index >= 15 is 0 Å². The molecular formula is C16H23N3O. The number of para-hydroxylation sites is 1. The number of hydrogen-bond donors (Lipinski definition) is 1. The van der Waals surface area contributed by atoms with Crippen LogP contribution in [0.15, 0.2) is 42.6 Å². The van der Waals surface area contributed by atoms with Gasteiger partial charge in [0.1, 0.15) is 0 Å². The Bertz CT molecular complexity index is 487. The first-order valence-corrected chi connectivity index (χ1v) is 7.27. The first kappa shape index (κ1) is 14.8. The van der Waals surface area contributed by atoms with Gasteiger partial charge >= 0.3 is 0 Å². The lowest BCUT2D eigenvalue weighted by molar-refractivity contribution is 0.121. The standard InChI is InChI=1S/C16H23N3O/c1-3-11-17-15(13-20-4-2)16-10-12-18-19(16)14-8-6-5-7-9-14/h5-10,12,15,17H,3-4,11,13H2,1-2H3. The van der Waals surface area contributed by atoms with E-state index in [2.05, 4.69) is 35.5 Å². The summed E-state index contributed by atoms with van der Waals surface area (Å²) in [4.78, 5) is 0. The number of benzene rings is 1. The summed E-state index contributed by atoms with van der Waals surface area (Å²) >= 11 is 0. The molecule has 0 aliphatic heterocycles. The molecule has 1 N–H and O–H groups in total. The molecule has 0 saturated heterocycles. The van der Waals surface area contributed by atoms with Gasteiger partial charge in [0, 0.05) is 12.8 Å². The fourth-order valence-electron chi connectivity index (χ4n) is 2.17. The minimum absolute atomic E-state index is 0.164. The highest BCUT2D eigenvalue weighted by Crippen LogP contribution is 2.17. The molecule has 0 amide bonds. The SMILES string of the molecule is CCCNC(COCC)c1ccnn1-c1ccccc1. The van der Waals surface area contributed by atoms with E-state index in [1.54, 1.807) is 0 Å². The number of rotatable bonds is 8. The van der Waals surface area contributed by atoms with Crippen molar-refractivity contribution in [2.75, 3.05) is 19.8 Å². The van der Waals surface area contributed by atoms with Crippen LogP contribution in [-0.2, 0) is 4.74 Å². The number of nitrogens with one attached hydrogen (secondary N) is 1. The Morgan fingerprint density at radius 3 is 2.70 bits per heavy atom. The first-order chi connectivity index (χ1) is 9.86. The topological polar surface area (TPSA) is 39.1 Å². The Hall–Kier alpha value is -1.65. The molecule has 2 aromatic rings. The maximum Gasteiger partial charge on any atom is 0.0734 e. The number of nitrogens with zero attached hydrogens (tertiary/aromatic N) is 2. The maximum atomic E-state index is 5.60. The van der Waals surface area contributed by atoms with E-state index in [1.165, 1.54) is 0 Å². The van der Waals surface area contributed by atoms with Gasteiger partial charge in [0.2, 0.25) is 0 Å². The highest BCUT2D eigenvalue weighted by atomic mass is 16.5. The highest BCUT2D eigenvalue weighted by Gasteiger charge is 2.16. The van der Waals surface area contributed by atoms with Crippen molar-refractivity contribution in [1.29, 1.82) is 0 Å². The fraction of sp³-hybridized carbons (Fsp3) is 0.438. The van der Waals surface area contributed by atoms with Crippen molar-refractivity contribution in [2.24, 2.45) is 0 Å². The zero-order valence-corrected chi connectivity index (χ0v) is 12.2. The van der Waals surface area contributed by atoms with Gasteiger partial charge in [-0.15, -0.1) is 0 Å². The summed E-state index contributed by atoms with van der Waals surface area (Å²) in [5, 5.41) is 7.98. The van der Waals surface area contributed by atoms with Crippen LogP contribution in [0, 0.1) is 0 Å². The molecule has 4 heteroatoms. The molecule has 0 spiro atoms. The largest absolute Gasteiger partial charge is 0.380 e. The van der Waals surface area contributed by atoms with Gasteiger partial charge in [0.15, 0.2) is 0 Å². The Morgan fingerprint density at radius 2 is 2.00 bits per heavy atom. The summed E-state index contributed by atoms with van der Waals surface area (Å²) in [6.07, 6.45) is 2.94. The number of hydrogen-bond acceptors (Lipinski definition) is 3. The maximum absolute atomic E-state index is 5.60. The van der Waals surface area contributed by atoms with E-state index in [9.17, 15) is 0 Å². The normalized spacial score (nSPS) is 12.5. The van der Waals surface area contributed by atoms with Crippen molar-refractivity contribution in [3.05, 3.63) is 48.3 Å². The summed E-state index contributed by atoms with van der Waals surface area (Å²) in [6.45, 7) is 6.54. The Labute approximate surface area is 120 Å². The van der Waals surface area contributed by atoms with Crippen LogP contribution in [0.4, 0.5) is 0 Å². The van der Waals surface area contributed by atoms with E-state index in [1.807, 2.05) is 36.0 Å². The van der Waals surface area contributed by atoms with Crippen molar-refractivity contribution in [3.63, 3.8) is 0 Å².